The molecule has 0 saturated carbocycles. The summed E-state index contributed by atoms with van der Waals surface area (Å²) in [6.07, 6.45) is 102. The summed E-state index contributed by atoms with van der Waals surface area (Å²) < 4.78 is 91.8. The molecule has 0 heterocycles. The number of hydrogen-bond donors (Lipinski definition) is 0. The first-order chi connectivity index (χ1) is 56.6. The van der Waals surface area contributed by atoms with E-state index in [9.17, 15) is 45.1 Å². The van der Waals surface area contributed by atoms with Gasteiger partial charge in [-0.15, -0.1) is 0 Å². The molecule has 14 nitrogen and oxygen atoms in total. The van der Waals surface area contributed by atoms with Gasteiger partial charge in [0.15, 0.2) is 0 Å². The molecule has 0 aliphatic carbocycles. The van der Waals surface area contributed by atoms with Crippen molar-refractivity contribution < 1.29 is 64.1 Å². The summed E-state index contributed by atoms with van der Waals surface area (Å²) in [6.45, 7) is 9.77. The van der Waals surface area contributed by atoms with Gasteiger partial charge in [0.2, 0.25) is 0 Å². The summed E-state index contributed by atoms with van der Waals surface area (Å²) in [5.41, 5.74) is -0.687. The number of benzene rings is 2. The second-order valence-electron chi connectivity index (χ2n) is 32.9. The van der Waals surface area contributed by atoms with Crippen LogP contribution in [0.15, 0.2) is 94.8 Å². The van der Waals surface area contributed by atoms with Gasteiger partial charge in [-0.25, -0.2) is 36.0 Å². The molecule has 0 saturated heterocycles. The van der Waals surface area contributed by atoms with Crippen molar-refractivity contribution in [1.82, 2.24) is 0 Å². The normalized spacial score (nSPS) is 11.8. The van der Waals surface area contributed by atoms with E-state index >= 15 is 0 Å². The number of unbranched alkanes of at least 4 members (excludes halogenated alkanes) is 60. The molecule has 0 aliphatic rings. The summed E-state index contributed by atoms with van der Waals surface area (Å²) in [4.78, 5) is 50.6. The minimum absolute atomic E-state index is 0. The number of ether oxygens (including phenoxy) is 4. The smallest absolute Gasteiger partial charge is 0.744 e. The Morgan fingerprint density at radius 1 is 0.231 bits per heavy atom. The van der Waals surface area contributed by atoms with E-state index in [4.69, 9.17) is 18.9 Å². The van der Waals surface area contributed by atoms with E-state index in [1.807, 2.05) is 0 Å². The molecule has 0 fully saturated rings. The fourth-order valence-electron chi connectivity index (χ4n) is 14.5. The predicted octanol–water partition coefficient (Wildman–Crippen LogP) is 30.3. The van der Waals surface area contributed by atoms with E-state index < -0.39 is 53.9 Å². The molecule has 17 heteroatoms. The first-order valence-corrected chi connectivity index (χ1v) is 50.9. The fourth-order valence-corrected chi connectivity index (χ4v) is 15.5. The van der Waals surface area contributed by atoms with Crippen LogP contribution in [-0.4, -0.2) is 114 Å². The van der Waals surface area contributed by atoms with Crippen molar-refractivity contribution in [2.24, 2.45) is 0 Å². The molecule has 2 aromatic rings. The largest absolute Gasteiger partial charge is 2.00 e. The van der Waals surface area contributed by atoms with E-state index in [0.717, 1.165) is 127 Å². The van der Waals surface area contributed by atoms with Gasteiger partial charge in [-0.1, -0.05) is 385 Å². The molecule has 0 amide bonds. The second kappa shape index (κ2) is 84.6. The topological polar surface area (TPSA) is 220 Å². The quantitative estimate of drug-likeness (QED) is 0.0150. The SMILES string of the molecule is CCCCCCCCCC/C=C/CCCCCCCCCOC(=O)c1ccc(S(=O)(=O)[O-])cc1C(=O)OCCCCCCCCC/C=C/CCCCCCCCCC.CCCCCCCCCC/C=C/CCCCCCCCCOC(=O)c1ccc(S(=O)(=O)[O-])cc1C(=O)OCCCCCCCCC/C=C/CCCCCCCCCC.[Ca+2]. The molecule has 0 aromatic heterocycles. The van der Waals surface area contributed by atoms with Gasteiger partial charge in [-0.3, -0.25) is 0 Å². The van der Waals surface area contributed by atoms with Gasteiger partial charge < -0.3 is 28.1 Å². The molecule has 0 spiro atoms. The second-order valence-corrected chi connectivity index (χ2v) is 35.6. The van der Waals surface area contributed by atoms with Gasteiger partial charge in [0.25, 0.3) is 0 Å². The Labute approximate surface area is 747 Å². The number of allylic oxidation sites excluding steroid dienone is 8. The van der Waals surface area contributed by atoms with E-state index in [0.29, 0.717) is 25.7 Å². The first-order valence-electron chi connectivity index (χ1n) is 48.1. The van der Waals surface area contributed by atoms with Gasteiger partial charge >= 0.3 is 61.6 Å². The first kappa shape index (κ1) is 113. The number of carbonyl (C=O) groups excluding carboxylic acids is 4. The van der Waals surface area contributed by atoms with Crippen molar-refractivity contribution in [3.63, 3.8) is 0 Å². The molecule has 2 rings (SSSR count). The van der Waals surface area contributed by atoms with Crippen LogP contribution in [0.1, 0.15) is 506 Å². The molecule has 0 N–H and O–H groups in total. The third-order valence-electron chi connectivity index (χ3n) is 22.0. The van der Waals surface area contributed by atoms with Crippen LogP contribution in [0, 0.1) is 0 Å². The molecule has 0 radical (unpaired) electrons. The number of esters is 4. The van der Waals surface area contributed by atoms with Gasteiger partial charge in [-0.2, -0.15) is 0 Å². The van der Waals surface area contributed by atoms with Crippen LogP contribution in [0.2, 0.25) is 0 Å². The molecule has 117 heavy (non-hydrogen) atoms. The summed E-state index contributed by atoms with van der Waals surface area (Å²) >= 11 is 0. The summed E-state index contributed by atoms with van der Waals surface area (Å²) in [6, 6.07) is 6.28. The minimum atomic E-state index is -4.82. The van der Waals surface area contributed by atoms with Crippen molar-refractivity contribution in [2.45, 2.75) is 474 Å². The molecule has 0 aliphatic heterocycles. The summed E-state index contributed by atoms with van der Waals surface area (Å²) in [7, 11) is -9.64. The van der Waals surface area contributed by atoms with E-state index in [1.54, 1.807) is 0 Å². The molecule has 668 valence electrons. The van der Waals surface area contributed by atoms with Crippen molar-refractivity contribution >= 4 is 81.9 Å². The molecular weight excluding hydrogens is 1530 g/mol. The Morgan fingerprint density at radius 2 is 0.376 bits per heavy atom. The number of rotatable bonds is 82. The number of carbonyl (C=O) groups is 4. The van der Waals surface area contributed by atoms with Crippen LogP contribution in [0.25, 0.3) is 0 Å². The van der Waals surface area contributed by atoms with Crippen molar-refractivity contribution in [3.8, 4) is 0 Å². The average Bonchev–Trinajstić information content (AvgIpc) is 0.814. The molecular formula is C100H170CaO14S2. The van der Waals surface area contributed by atoms with Gasteiger partial charge in [0.05, 0.1) is 58.5 Å². The standard InChI is InChI=1S/2C50H86O7S.Ca/c2*1-3-5-7-9-11-13-15-17-19-21-23-25-27-29-31-33-35-37-39-43-56-49(51)47-42-41-46(58(53,54)55)45-48(47)50(52)57-44-40-38-36-34-32-30-28-26-24-22-20-18-16-14-12-10-8-6-4-2;/h2*21-24,41-42,45H,3-20,25-40,43-44H2,1-2H3,(H,53,54,55);/q;;+2/p-2/b2*23-21+,24-22+;. The zero-order valence-corrected chi connectivity index (χ0v) is 79.1. The third kappa shape index (κ3) is 71.5. The monoisotopic (exact) mass is 1700 g/mol. The van der Waals surface area contributed by atoms with E-state index in [2.05, 4.69) is 76.3 Å². The van der Waals surface area contributed by atoms with Crippen molar-refractivity contribution in [3.05, 3.63) is 107 Å². The van der Waals surface area contributed by atoms with Crippen LogP contribution in [-0.2, 0) is 39.2 Å². The van der Waals surface area contributed by atoms with Gasteiger partial charge in [0, 0.05) is 0 Å². The molecule has 0 atom stereocenters. The van der Waals surface area contributed by atoms with Crippen LogP contribution in [0.3, 0.4) is 0 Å². The maximum atomic E-state index is 13.0. The van der Waals surface area contributed by atoms with Gasteiger partial charge in [-0.05, 0) is 165 Å². The molecule has 0 unspecified atom stereocenters. The van der Waals surface area contributed by atoms with E-state index in [1.165, 1.54) is 320 Å². The zero-order valence-electron chi connectivity index (χ0n) is 75.2. The molecule has 2 aromatic carbocycles. The fraction of sp³-hybridized carbons (Fsp3) is 0.760. The van der Waals surface area contributed by atoms with Crippen LogP contribution < -0.4 is 0 Å². The van der Waals surface area contributed by atoms with Crippen molar-refractivity contribution in [2.75, 3.05) is 26.4 Å². The van der Waals surface area contributed by atoms with Crippen LogP contribution in [0.5, 0.6) is 0 Å². The maximum absolute atomic E-state index is 13.0. The predicted molar refractivity (Wildman–Crippen MR) is 489 cm³/mol. The third-order valence-corrected chi connectivity index (χ3v) is 23.7. The van der Waals surface area contributed by atoms with Crippen LogP contribution >= 0.6 is 0 Å². The Bertz CT molecular complexity index is 2810. The average molecular weight is 1700 g/mol. The maximum Gasteiger partial charge on any atom is 2.00 e. The van der Waals surface area contributed by atoms with Crippen molar-refractivity contribution in [1.29, 1.82) is 0 Å². The Morgan fingerprint density at radius 3 is 0.538 bits per heavy atom. The number of hydrogen-bond acceptors (Lipinski definition) is 14. The minimum Gasteiger partial charge on any atom is -0.744 e. The van der Waals surface area contributed by atoms with E-state index in [-0.39, 0.29) is 86.4 Å². The Kier molecular flexibility index (Phi) is 81.9. The summed E-state index contributed by atoms with van der Waals surface area (Å²) in [5.74, 6) is -3.11. The Hall–Kier alpha value is -3.64. The van der Waals surface area contributed by atoms with Crippen LogP contribution in [0.4, 0.5) is 0 Å². The zero-order chi connectivity index (χ0) is 84.4. The van der Waals surface area contributed by atoms with Gasteiger partial charge in [0.1, 0.15) is 20.2 Å². The Balaban J connectivity index is 0.00000228. The summed E-state index contributed by atoms with van der Waals surface area (Å²) in [5, 5.41) is 0. The molecule has 0 bridgehead atoms.